The van der Waals surface area contributed by atoms with E-state index in [2.05, 4.69) is 15.8 Å². The van der Waals surface area contributed by atoms with Crippen LogP contribution >= 0.6 is 0 Å². The normalized spacial score (nSPS) is 20.2. The summed E-state index contributed by atoms with van der Waals surface area (Å²) in [7, 11) is 0. The lowest BCUT2D eigenvalue weighted by Gasteiger charge is -2.23. The lowest BCUT2D eigenvalue weighted by Crippen LogP contribution is -2.35. The molecule has 0 saturated carbocycles. The Morgan fingerprint density at radius 3 is 2.59 bits per heavy atom. The number of hydrogen-bond donors (Lipinski definition) is 1. The van der Waals surface area contributed by atoms with Crippen LogP contribution < -0.4 is 5.73 Å². The van der Waals surface area contributed by atoms with E-state index in [0.717, 1.165) is 31.6 Å². The number of terminal acetylenes is 1. The zero-order valence-electron chi connectivity index (χ0n) is 18.1. The molecule has 4 rings (SSSR count). The van der Waals surface area contributed by atoms with Gasteiger partial charge in [-0.15, -0.1) is 6.42 Å². The Labute approximate surface area is 187 Å². The summed E-state index contributed by atoms with van der Waals surface area (Å²) >= 11 is 0. The Bertz CT molecular complexity index is 1080. The van der Waals surface area contributed by atoms with Crippen molar-refractivity contribution in [3.63, 3.8) is 0 Å². The van der Waals surface area contributed by atoms with E-state index in [9.17, 15) is 14.0 Å². The lowest BCUT2D eigenvalue weighted by molar-refractivity contribution is 0.0767. The highest BCUT2D eigenvalue weighted by Gasteiger charge is 2.42. The number of fused-ring (bicyclic) bond motifs is 1. The third kappa shape index (κ3) is 4.51. The Hall–Kier alpha value is -3.24. The number of primary amides is 1. The third-order valence-electron chi connectivity index (χ3n) is 6.35. The van der Waals surface area contributed by atoms with Crippen LogP contribution in [0.4, 0.5) is 4.39 Å². The van der Waals surface area contributed by atoms with Gasteiger partial charge in [0, 0.05) is 26.2 Å². The number of rotatable bonds is 6. The average Bonchev–Trinajstić information content (AvgIpc) is 3.31. The molecule has 2 aromatic rings. The molecule has 2 aliphatic rings. The molecule has 2 aliphatic heterocycles. The molecule has 1 aromatic heterocycles. The monoisotopic (exact) mass is 433 g/mol. The van der Waals surface area contributed by atoms with Crippen molar-refractivity contribution < 1.29 is 14.0 Å². The number of nitrogens with two attached hydrogens (primary N) is 1. The van der Waals surface area contributed by atoms with Gasteiger partial charge in [-0.3, -0.25) is 9.59 Å². The van der Waals surface area contributed by atoms with Gasteiger partial charge in [-0.2, -0.15) is 0 Å². The summed E-state index contributed by atoms with van der Waals surface area (Å²) < 4.78 is 13.3. The highest BCUT2D eigenvalue weighted by atomic mass is 19.1. The van der Waals surface area contributed by atoms with Gasteiger partial charge in [-0.1, -0.05) is 18.1 Å². The van der Waals surface area contributed by atoms with Crippen molar-refractivity contribution in [1.82, 2.24) is 14.8 Å². The number of aromatic nitrogens is 1. The number of halogens is 1. The SMILES string of the molecule is C#Cc1cc(C(N)=O)c(C(=O)N2CC3CN(CC[CH]c4cccc(F)c4)C[C@H]3C2)c(C)n1. The summed E-state index contributed by atoms with van der Waals surface area (Å²) in [6, 6.07) is 8.01. The van der Waals surface area contributed by atoms with Crippen molar-refractivity contribution in [3.8, 4) is 12.3 Å². The van der Waals surface area contributed by atoms with Crippen LogP contribution in [0.3, 0.4) is 0 Å². The fraction of sp³-hybridized carbons (Fsp3) is 0.360. The summed E-state index contributed by atoms with van der Waals surface area (Å²) in [6.07, 6.45) is 8.30. The number of carbonyl (C=O) groups is 2. The van der Waals surface area contributed by atoms with E-state index in [1.165, 1.54) is 18.2 Å². The average molecular weight is 434 g/mol. The first kappa shape index (κ1) is 22.0. The highest BCUT2D eigenvalue weighted by molar-refractivity contribution is 6.07. The molecular formula is C25H26FN4O2. The molecular weight excluding hydrogens is 407 g/mol. The summed E-state index contributed by atoms with van der Waals surface area (Å²) in [5.41, 5.74) is 7.49. The predicted octanol–water partition coefficient (Wildman–Crippen LogP) is 2.26. The van der Waals surface area contributed by atoms with Crippen molar-refractivity contribution in [2.75, 3.05) is 32.7 Å². The van der Waals surface area contributed by atoms with Crippen molar-refractivity contribution in [3.05, 3.63) is 70.6 Å². The van der Waals surface area contributed by atoms with E-state index in [1.54, 1.807) is 17.9 Å². The molecule has 2 N–H and O–H groups in total. The van der Waals surface area contributed by atoms with Crippen molar-refractivity contribution in [1.29, 1.82) is 0 Å². The minimum absolute atomic E-state index is 0.127. The Kier molecular flexibility index (Phi) is 6.24. The van der Waals surface area contributed by atoms with Gasteiger partial charge in [-0.05, 0) is 61.9 Å². The second-order valence-electron chi connectivity index (χ2n) is 8.56. The van der Waals surface area contributed by atoms with Gasteiger partial charge in [-0.25, -0.2) is 9.37 Å². The maximum absolute atomic E-state index is 13.3. The first-order valence-electron chi connectivity index (χ1n) is 10.7. The van der Waals surface area contributed by atoms with Crippen LogP contribution in [0.25, 0.3) is 0 Å². The standard InChI is InChI=1S/C25H26FN4O2/c1-3-21-11-22(24(27)31)23(16(2)28-21)25(32)30-14-18-12-29(13-19(18)15-30)9-5-7-17-6-4-8-20(26)10-17/h1,4,6-8,10-11,18-19H,5,9,12-15H2,2H3,(H2,27,31)/t18-,19?/m0/s1. The molecule has 7 heteroatoms. The van der Waals surface area contributed by atoms with Crippen LogP contribution in [0.5, 0.6) is 0 Å². The van der Waals surface area contributed by atoms with Gasteiger partial charge in [0.25, 0.3) is 5.91 Å². The Morgan fingerprint density at radius 1 is 1.25 bits per heavy atom. The molecule has 6 nitrogen and oxygen atoms in total. The Balaban J connectivity index is 1.35. The van der Waals surface area contributed by atoms with E-state index in [4.69, 9.17) is 12.2 Å². The number of nitrogens with zero attached hydrogens (tertiary/aromatic N) is 3. The largest absolute Gasteiger partial charge is 0.366 e. The van der Waals surface area contributed by atoms with Crippen molar-refractivity contribution in [2.24, 2.45) is 17.6 Å². The van der Waals surface area contributed by atoms with Gasteiger partial charge in [0.1, 0.15) is 11.5 Å². The minimum Gasteiger partial charge on any atom is -0.366 e. The Morgan fingerprint density at radius 2 is 1.97 bits per heavy atom. The molecule has 0 spiro atoms. The quantitative estimate of drug-likeness (QED) is 0.709. The molecule has 32 heavy (non-hydrogen) atoms. The second kappa shape index (κ2) is 9.09. The van der Waals surface area contributed by atoms with E-state index in [1.807, 2.05) is 12.5 Å². The first-order chi connectivity index (χ1) is 15.4. The number of aryl methyl sites for hydroxylation is 1. The van der Waals surface area contributed by atoms with Crippen LogP contribution in [0, 0.1) is 43.3 Å². The summed E-state index contributed by atoms with van der Waals surface area (Å²) in [5.74, 6) is 2.06. The maximum Gasteiger partial charge on any atom is 0.256 e. The van der Waals surface area contributed by atoms with Crippen LogP contribution in [-0.2, 0) is 0 Å². The molecule has 2 saturated heterocycles. The zero-order valence-corrected chi connectivity index (χ0v) is 18.1. The van der Waals surface area contributed by atoms with Crippen molar-refractivity contribution >= 4 is 11.8 Å². The van der Waals surface area contributed by atoms with E-state index in [0.29, 0.717) is 30.6 Å². The van der Waals surface area contributed by atoms with Gasteiger partial charge >= 0.3 is 0 Å². The van der Waals surface area contributed by atoms with Crippen LogP contribution in [0.2, 0.25) is 0 Å². The molecule has 3 heterocycles. The molecule has 2 fully saturated rings. The van der Waals surface area contributed by atoms with Gasteiger partial charge in [0.15, 0.2) is 0 Å². The smallest absolute Gasteiger partial charge is 0.256 e. The van der Waals surface area contributed by atoms with Crippen LogP contribution in [-0.4, -0.2) is 59.3 Å². The molecule has 1 unspecified atom stereocenters. The molecule has 0 bridgehead atoms. The molecule has 2 amide bonds. The molecule has 0 aliphatic carbocycles. The number of likely N-dealkylation sites (tertiary alicyclic amines) is 2. The molecule has 165 valence electrons. The summed E-state index contributed by atoms with van der Waals surface area (Å²) in [5, 5.41) is 0. The van der Waals surface area contributed by atoms with Crippen molar-refractivity contribution in [2.45, 2.75) is 13.3 Å². The summed E-state index contributed by atoms with van der Waals surface area (Å²) in [6.45, 7) is 5.70. The lowest BCUT2D eigenvalue weighted by atomic mass is 10.0. The fourth-order valence-electron chi connectivity index (χ4n) is 4.85. The first-order valence-corrected chi connectivity index (χ1v) is 10.7. The van der Waals surface area contributed by atoms with Crippen LogP contribution in [0.1, 0.15) is 44.1 Å². The summed E-state index contributed by atoms with van der Waals surface area (Å²) in [4.78, 5) is 33.6. The predicted molar refractivity (Wildman–Crippen MR) is 119 cm³/mol. The maximum atomic E-state index is 13.3. The minimum atomic E-state index is -0.685. The highest BCUT2D eigenvalue weighted by Crippen LogP contribution is 2.32. The number of pyridine rings is 1. The van der Waals surface area contributed by atoms with Gasteiger partial charge in [0.05, 0.1) is 16.8 Å². The number of benzene rings is 1. The second-order valence-corrected chi connectivity index (χ2v) is 8.56. The van der Waals surface area contributed by atoms with Gasteiger partial charge < -0.3 is 15.5 Å². The number of hydrogen-bond acceptors (Lipinski definition) is 4. The van der Waals surface area contributed by atoms with E-state index in [-0.39, 0.29) is 28.5 Å². The zero-order chi connectivity index (χ0) is 22.8. The van der Waals surface area contributed by atoms with E-state index < -0.39 is 5.91 Å². The molecule has 1 aromatic carbocycles. The van der Waals surface area contributed by atoms with Gasteiger partial charge in [0.2, 0.25) is 5.91 Å². The number of amides is 2. The number of carbonyl (C=O) groups excluding carboxylic acids is 2. The third-order valence-corrected chi connectivity index (χ3v) is 6.35. The van der Waals surface area contributed by atoms with Crippen LogP contribution in [0.15, 0.2) is 30.3 Å². The molecule has 1 radical (unpaired) electrons. The molecule has 2 atom stereocenters. The topological polar surface area (TPSA) is 79.5 Å². The van der Waals surface area contributed by atoms with E-state index >= 15 is 0 Å². The fourth-order valence-corrected chi connectivity index (χ4v) is 4.85.